The van der Waals surface area contributed by atoms with E-state index >= 15 is 0 Å². The number of aliphatic carboxylic acids is 1. The predicted octanol–water partition coefficient (Wildman–Crippen LogP) is 5.60. The van der Waals surface area contributed by atoms with Gasteiger partial charge in [-0.25, -0.2) is 9.78 Å². The number of nitrogens with zero attached hydrogens (tertiary/aromatic N) is 2. The van der Waals surface area contributed by atoms with Gasteiger partial charge in [0.2, 0.25) is 0 Å². The predicted molar refractivity (Wildman–Crippen MR) is 114 cm³/mol. The van der Waals surface area contributed by atoms with Crippen LogP contribution in [0.4, 0.5) is 9.93 Å². The Hall–Kier alpha value is -1.28. The molecule has 0 atom stereocenters. The molecule has 2 fully saturated rings. The lowest BCUT2D eigenvalue weighted by Crippen LogP contribution is -2.49. The van der Waals surface area contributed by atoms with Crippen molar-refractivity contribution in [1.29, 1.82) is 0 Å². The maximum absolute atomic E-state index is 13.2. The summed E-state index contributed by atoms with van der Waals surface area (Å²) in [7, 11) is 0. The van der Waals surface area contributed by atoms with E-state index in [0.29, 0.717) is 23.0 Å². The Morgan fingerprint density at radius 3 is 2.21 bits per heavy atom. The minimum Gasteiger partial charge on any atom is -0.481 e. The van der Waals surface area contributed by atoms with Gasteiger partial charge < -0.3 is 10.0 Å². The number of urea groups is 1. The first-order valence-electron chi connectivity index (χ1n) is 10.5. The number of carboxylic acids is 1. The van der Waals surface area contributed by atoms with Crippen molar-refractivity contribution in [2.24, 2.45) is 0 Å². The van der Waals surface area contributed by atoms with Crippen LogP contribution in [0.25, 0.3) is 0 Å². The van der Waals surface area contributed by atoms with E-state index in [1.807, 2.05) is 0 Å². The van der Waals surface area contributed by atoms with E-state index in [1.54, 1.807) is 6.20 Å². The van der Waals surface area contributed by atoms with Gasteiger partial charge in [0.25, 0.3) is 0 Å². The summed E-state index contributed by atoms with van der Waals surface area (Å²) in [6, 6.07) is 0.687. The van der Waals surface area contributed by atoms with E-state index in [0.717, 1.165) is 29.9 Å². The Balaban J connectivity index is 1.63. The molecule has 0 saturated heterocycles. The van der Waals surface area contributed by atoms with Crippen molar-refractivity contribution in [3.8, 4) is 0 Å². The normalized spacial score (nSPS) is 19.1. The zero-order chi connectivity index (χ0) is 19.8. The largest absolute Gasteiger partial charge is 0.481 e. The van der Waals surface area contributed by atoms with Crippen LogP contribution in [0.2, 0.25) is 0 Å². The molecule has 0 radical (unpaired) electrons. The number of anilines is 1. The van der Waals surface area contributed by atoms with Crippen molar-refractivity contribution in [1.82, 2.24) is 9.88 Å². The molecule has 0 bridgehead atoms. The molecule has 0 aliphatic heterocycles. The highest BCUT2D eigenvalue weighted by atomic mass is 32.2. The summed E-state index contributed by atoms with van der Waals surface area (Å²) in [4.78, 5) is 30.4. The van der Waals surface area contributed by atoms with Gasteiger partial charge in [-0.2, -0.15) is 0 Å². The molecular weight excluding hydrogens is 394 g/mol. The maximum atomic E-state index is 13.2. The van der Waals surface area contributed by atoms with Gasteiger partial charge in [0.05, 0.1) is 16.8 Å². The summed E-state index contributed by atoms with van der Waals surface area (Å²) in [5.41, 5.74) is 0. The summed E-state index contributed by atoms with van der Waals surface area (Å²) >= 11 is 2.90. The molecule has 1 heterocycles. The number of carbonyl (C=O) groups excluding carboxylic acids is 1. The first-order valence-corrected chi connectivity index (χ1v) is 12.3. The van der Waals surface area contributed by atoms with Gasteiger partial charge in [0.1, 0.15) is 0 Å². The van der Waals surface area contributed by atoms with E-state index < -0.39 is 5.97 Å². The average Bonchev–Trinajstić information content (AvgIpc) is 2.95. The molecule has 28 heavy (non-hydrogen) atoms. The molecule has 6 nitrogen and oxygen atoms in total. The Bertz CT molecular complexity index is 638. The van der Waals surface area contributed by atoms with E-state index in [9.17, 15) is 9.59 Å². The molecule has 0 unspecified atom stereocenters. The molecule has 2 saturated carbocycles. The Kier molecular flexibility index (Phi) is 8.45. The van der Waals surface area contributed by atoms with E-state index in [2.05, 4.69) is 15.2 Å². The number of rotatable bonds is 7. The quantitative estimate of drug-likeness (QED) is 0.439. The molecule has 2 aliphatic carbocycles. The fraction of sp³-hybridized carbons (Fsp3) is 0.750. The van der Waals surface area contributed by atoms with E-state index in [1.165, 1.54) is 68.0 Å². The number of carboxylic acid groups (broad SMARTS) is 1. The Morgan fingerprint density at radius 1 is 1.07 bits per heavy atom. The minimum absolute atomic E-state index is 0.00441. The van der Waals surface area contributed by atoms with Gasteiger partial charge in [-0.1, -0.05) is 56.3 Å². The highest BCUT2D eigenvalue weighted by Gasteiger charge is 2.32. The molecule has 2 aliphatic rings. The van der Waals surface area contributed by atoms with Crippen LogP contribution in [0.1, 0.15) is 77.0 Å². The number of carbonyl (C=O) groups is 2. The summed E-state index contributed by atoms with van der Waals surface area (Å²) in [6.45, 7) is 0. The second-order valence-electron chi connectivity index (χ2n) is 7.75. The van der Waals surface area contributed by atoms with Crippen molar-refractivity contribution in [3.63, 3.8) is 0 Å². The smallest absolute Gasteiger partial charge is 0.324 e. The van der Waals surface area contributed by atoms with Crippen molar-refractivity contribution in [3.05, 3.63) is 6.20 Å². The molecular formula is C20H31N3O3S2. The summed E-state index contributed by atoms with van der Waals surface area (Å²) in [5.74, 6) is -0.279. The fourth-order valence-corrected chi connectivity index (χ4v) is 6.17. The zero-order valence-corrected chi connectivity index (χ0v) is 18.0. The van der Waals surface area contributed by atoms with Crippen molar-refractivity contribution in [2.75, 3.05) is 11.1 Å². The molecule has 156 valence electrons. The van der Waals surface area contributed by atoms with Gasteiger partial charge in [-0.3, -0.25) is 10.1 Å². The van der Waals surface area contributed by atoms with Crippen LogP contribution >= 0.6 is 23.1 Å². The summed E-state index contributed by atoms with van der Waals surface area (Å²) in [6.07, 6.45) is 15.0. The van der Waals surface area contributed by atoms with E-state index in [-0.39, 0.29) is 12.5 Å². The third-order valence-electron chi connectivity index (χ3n) is 5.68. The highest BCUT2D eigenvalue weighted by molar-refractivity contribution is 8.01. The molecule has 3 rings (SSSR count). The van der Waals surface area contributed by atoms with Crippen molar-refractivity contribution < 1.29 is 14.7 Å². The van der Waals surface area contributed by atoms with Crippen molar-refractivity contribution >= 4 is 40.2 Å². The topological polar surface area (TPSA) is 82.5 Å². The summed E-state index contributed by atoms with van der Waals surface area (Å²) < 4.78 is 0.940. The first kappa shape index (κ1) is 21.4. The molecule has 8 heteroatoms. The molecule has 0 aromatic carbocycles. The lowest BCUT2D eigenvalue weighted by Gasteiger charge is -2.39. The van der Waals surface area contributed by atoms with Gasteiger partial charge in [-0.15, -0.1) is 11.8 Å². The zero-order valence-electron chi connectivity index (χ0n) is 16.4. The standard InChI is InChI=1S/C20H31N3O3S2/c24-17(25)12-13-27-18-14-21-19(28-18)22-20(26)23(16-10-6-3-7-11-16)15-8-4-1-2-5-9-15/h14-16H,1-13H2,(H,24,25)(H,21,22,26). The molecule has 0 spiro atoms. The van der Waals surface area contributed by atoms with Gasteiger partial charge in [0.15, 0.2) is 5.13 Å². The number of nitrogens with one attached hydrogen (secondary N) is 1. The van der Waals surface area contributed by atoms with Crippen LogP contribution in [0, 0.1) is 0 Å². The number of amides is 2. The second kappa shape index (κ2) is 11.0. The Morgan fingerprint density at radius 2 is 1.64 bits per heavy atom. The first-order chi connectivity index (χ1) is 13.6. The van der Waals surface area contributed by atoms with Gasteiger partial charge in [0, 0.05) is 17.8 Å². The Labute approximate surface area is 175 Å². The highest BCUT2D eigenvalue weighted by Crippen LogP contribution is 2.32. The van der Waals surface area contributed by atoms with Crippen LogP contribution in [0.15, 0.2) is 10.4 Å². The SMILES string of the molecule is O=C(O)CCSc1cnc(NC(=O)N(C2CCCCCC2)C2CCCCC2)s1. The van der Waals surface area contributed by atoms with Gasteiger partial charge >= 0.3 is 12.0 Å². The number of aromatic nitrogens is 1. The maximum Gasteiger partial charge on any atom is 0.324 e. The van der Waals surface area contributed by atoms with Crippen LogP contribution in [0.3, 0.4) is 0 Å². The molecule has 2 amide bonds. The minimum atomic E-state index is -0.794. The van der Waals surface area contributed by atoms with Crippen molar-refractivity contribution in [2.45, 2.75) is 93.3 Å². The molecule has 1 aromatic heterocycles. The third kappa shape index (κ3) is 6.37. The lowest BCUT2D eigenvalue weighted by molar-refractivity contribution is -0.136. The van der Waals surface area contributed by atoms with E-state index in [4.69, 9.17) is 5.11 Å². The van der Waals surface area contributed by atoms with Crippen LogP contribution in [-0.4, -0.2) is 44.8 Å². The number of hydrogen-bond donors (Lipinski definition) is 2. The third-order valence-corrected chi connectivity index (χ3v) is 7.79. The molecule has 2 N–H and O–H groups in total. The molecule has 1 aromatic rings. The fourth-order valence-electron chi connectivity index (χ4n) is 4.30. The number of thioether (sulfide) groups is 1. The van der Waals surface area contributed by atoms with Crippen LogP contribution < -0.4 is 5.32 Å². The number of hydrogen-bond acceptors (Lipinski definition) is 5. The number of thiazole rings is 1. The van der Waals surface area contributed by atoms with Crippen LogP contribution in [0.5, 0.6) is 0 Å². The van der Waals surface area contributed by atoms with Gasteiger partial charge in [-0.05, 0) is 25.7 Å². The summed E-state index contributed by atoms with van der Waals surface area (Å²) in [5, 5.41) is 12.4. The average molecular weight is 426 g/mol. The monoisotopic (exact) mass is 425 g/mol. The lowest BCUT2D eigenvalue weighted by atomic mass is 9.92. The van der Waals surface area contributed by atoms with Crippen LogP contribution in [-0.2, 0) is 4.79 Å². The second-order valence-corrected chi connectivity index (χ2v) is 10.2.